The lowest BCUT2D eigenvalue weighted by Crippen LogP contribution is -2.46. The number of nitrogens with zero attached hydrogens (tertiary/aromatic N) is 1. The zero-order valence-corrected chi connectivity index (χ0v) is 37.5. The van der Waals surface area contributed by atoms with Crippen LogP contribution in [0.1, 0.15) is 177 Å². The summed E-state index contributed by atoms with van der Waals surface area (Å²) in [6.07, 6.45) is 25.4. The lowest BCUT2D eigenvalue weighted by molar-refractivity contribution is -0.100. The molecule has 9 atom stereocenters. The highest BCUT2D eigenvalue weighted by molar-refractivity contribution is 5.01. The van der Waals surface area contributed by atoms with Crippen LogP contribution in [0.4, 0.5) is 0 Å². The third-order valence-corrected chi connectivity index (χ3v) is 14.0. The molecule has 0 radical (unpaired) electrons. The second-order valence-corrected chi connectivity index (χ2v) is 18.2. The highest BCUT2D eigenvalue weighted by Gasteiger charge is 2.52. The molecule has 0 aromatic carbocycles. The molecule has 1 aliphatic carbocycles. The topological polar surface area (TPSA) is 109 Å². The molecule has 0 saturated heterocycles. The summed E-state index contributed by atoms with van der Waals surface area (Å²) >= 11 is 0. The molecule has 1 rings (SSSR count). The smallest absolute Gasteiger partial charge is 0.0636 e. The second kappa shape index (κ2) is 30.5. The molecular formula is C47H96N4O3. The molecule has 0 unspecified atom stereocenters. The maximum absolute atomic E-state index is 7.07. The van der Waals surface area contributed by atoms with Gasteiger partial charge in [-0.25, -0.2) is 0 Å². The Morgan fingerprint density at radius 3 is 2.00 bits per heavy atom. The molecule has 322 valence electrons. The highest BCUT2D eigenvalue weighted by atomic mass is 16.5. The summed E-state index contributed by atoms with van der Waals surface area (Å²) in [5, 5.41) is 0. The fraction of sp³-hybridized carbons (Fsp3) is 0.957. The lowest BCUT2D eigenvalue weighted by atomic mass is 9.61. The van der Waals surface area contributed by atoms with E-state index in [0.29, 0.717) is 43.3 Å². The van der Waals surface area contributed by atoms with E-state index in [-0.39, 0.29) is 29.1 Å². The quantitative estimate of drug-likeness (QED) is 0.0427. The van der Waals surface area contributed by atoms with Crippen molar-refractivity contribution in [1.29, 1.82) is 0 Å². The number of hydrogen-bond donors (Lipinski definition) is 3. The van der Waals surface area contributed by atoms with Crippen molar-refractivity contribution in [3.05, 3.63) is 12.7 Å². The molecule has 0 aromatic heterocycles. The molecule has 7 nitrogen and oxygen atoms in total. The molecule has 0 aromatic rings. The standard InChI is InChI=1S/C47H96N4O3/c1-10-13-14-15-16-17-33-51(32-11-2)34-18-22-39(4)44-24-23-40(5)47(44,9)45(54-37-21-31-50)38-41(6)46(8,27-25-42(7)52-35-19-29-48)28-26-43(12-3)53-36-20-30-49/h11,39-45H,2,10,12-38,48-50H2,1,3-9H3/t39-,40-,41-,42+,43+,44-,45+,46-,47+/m1/s1. The van der Waals surface area contributed by atoms with E-state index in [0.717, 1.165) is 84.2 Å². The molecule has 0 amide bonds. The Morgan fingerprint density at radius 2 is 1.37 bits per heavy atom. The third kappa shape index (κ3) is 19.3. The van der Waals surface area contributed by atoms with Crippen molar-refractivity contribution in [2.75, 3.05) is 59.1 Å². The van der Waals surface area contributed by atoms with Crippen molar-refractivity contribution in [3.63, 3.8) is 0 Å². The van der Waals surface area contributed by atoms with E-state index in [2.05, 4.69) is 72.9 Å². The first-order chi connectivity index (χ1) is 26.0. The van der Waals surface area contributed by atoms with Crippen molar-refractivity contribution in [2.24, 2.45) is 51.7 Å². The molecule has 7 heteroatoms. The fourth-order valence-electron chi connectivity index (χ4n) is 9.55. The Kier molecular flexibility index (Phi) is 29.1. The minimum Gasteiger partial charge on any atom is -0.378 e. The number of nitrogens with two attached hydrogens (primary N) is 3. The average molecular weight is 765 g/mol. The van der Waals surface area contributed by atoms with E-state index in [9.17, 15) is 0 Å². The lowest BCUT2D eigenvalue weighted by Gasteiger charge is -2.48. The van der Waals surface area contributed by atoms with E-state index in [1.807, 2.05) is 0 Å². The molecular weight excluding hydrogens is 669 g/mol. The molecule has 0 heterocycles. The maximum Gasteiger partial charge on any atom is 0.0636 e. The normalized spacial score (nSPS) is 23.0. The Hall–Kier alpha value is -0.540. The summed E-state index contributed by atoms with van der Waals surface area (Å²) in [4.78, 5) is 2.65. The minimum atomic E-state index is 0.137. The molecule has 54 heavy (non-hydrogen) atoms. The van der Waals surface area contributed by atoms with Gasteiger partial charge in [0.2, 0.25) is 0 Å². The van der Waals surface area contributed by atoms with Gasteiger partial charge in [-0.3, -0.25) is 4.90 Å². The van der Waals surface area contributed by atoms with Crippen LogP contribution in [-0.2, 0) is 14.2 Å². The van der Waals surface area contributed by atoms with Crippen LogP contribution < -0.4 is 17.2 Å². The van der Waals surface area contributed by atoms with Gasteiger partial charge in [0.1, 0.15) is 0 Å². The zero-order chi connectivity index (χ0) is 40.2. The number of unbranched alkanes of at least 4 members (excludes halogenated alkanes) is 5. The van der Waals surface area contributed by atoms with Gasteiger partial charge in [-0.1, -0.05) is 86.6 Å². The van der Waals surface area contributed by atoms with Gasteiger partial charge in [-0.05, 0) is 164 Å². The zero-order valence-electron chi connectivity index (χ0n) is 37.5. The Balaban J connectivity index is 3.17. The third-order valence-electron chi connectivity index (χ3n) is 14.0. The van der Waals surface area contributed by atoms with Crippen LogP contribution in [0.5, 0.6) is 0 Å². The van der Waals surface area contributed by atoms with Gasteiger partial charge >= 0.3 is 0 Å². The number of hydrogen-bond acceptors (Lipinski definition) is 7. The van der Waals surface area contributed by atoms with Gasteiger partial charge < -0.3 is 31.4 Å². The first-order valence-corrected chi connectivity index (χ1v) is 23.2. The van der Waals surface area contributed by atoms with Crippen LogP contribution in [0.3, 0.4) is 0 Å². The summed E-state index contributed by atoms with van der Waals surface area (Å²) in [6.45, 7) is 31.3. The maximum atomic E-state index is 7.07. The Labute approximate surface area is 337 Å². The van der Waals surface area contributed by atoms with Gasteiger partial charge in [0, 0.05) is 26.4 Å². The summed E-state index contributed by atoms with van der Waals surface area (Å²) in [7, 11) is 0. The predicted octanol–water partition coefficient (Wildman–Crippen LogP) is 10.5. The predicted molar refractivity (Wildman–Crippen MR) is 235 cm³/mol. The number of ether oxygens (including phenoxy) is 3. The minimum absolute atomic E-state index is 0.137. The van der Waals surface area contributed by atoms with Crippen LogP contribution in [-0.4, -0.2) is 82.3 Å². The monoisotopic (exact) mass is 765 g/mol. The van der Waals surface area contributed by atoms with Gasteiger partial charge in [0.15, 0.2) is 0 Å². The first-order valence-electron chi connectivity index (χ1n) is 23.2. The van der Waals surface area contributed by atoms with Crippen LogP contribution in [0.25, 0.3) is 0 Å². The summed E-state index contributed by atoms with van der Waals surface area (Å²) in [5.41, 5.74) is 17.9. The molecule has 1 saturated carbocycles. The summed E-state index contributed by atoms with van der Waals surface area (Å²) in [6, 6.07) is 0. The van der Waals surface area contributed by atoms with E-state index in [1.54, 1.807) is 0 Å². The van der Waals surface area contributed by atoms with Crippen LogP contribution >= 0.6 is 0 Å². The average Bonchev–Trinajstić information content (AvgIpc) is 3.47. The summed E-state index contributed by atoms with van der Waals surface area (Å²) in [5.74, 6) is 2.46. The van der Waals surface area contributed by atoms with Gasteiger partial charge in [-0.15, -0.1) is 6.58 Å². The summed E-state index contributed by atoms with van der Waals surface area (Å²) < 4.78 is 19.6. The van der Waals surface area contributed by atoms with E-state index in [4.69, 9.17) is 31.4 Å². The largest absolute Gasteiger partial charge is 0.378 e. The Bertz CT molecular complexity index is 893. The van der Waals surface area contributed by atoms with Gasteiger partial charge in [0.05, 0.1) is 18.3 Å². The molecule has 1 aliphatic rings. The number of rotatable bonds is 37. The fourth-order valence-corrected chi connectivity index (χ4v) is 9.55. The van der Waals surface area contributed by atoms with Crippen molar-refractivity contribution in [2.45, 2.75) is 196 Å². The first kappa shape index (κ1) is 51.5. The van der Waals surface area contributed by atoms with Crippen LogP contribution in [0.15, 0.2) is 12.7 Å². The van der Waals surface area contributed by atoms with E-state index in [1.165, 1.54) is 77.3 Å². The van der Waals surface area contributed by atoms with Crippen molar-refractivity contribution in [1.82, 2.24) is 4.90 Å². The van der Waals surface area contributed by atoms with Crippen LogP contribution in [0.2, 0.25) is 0 Å². The van der Waals surface area contributed by atoms with Crippen molar-refractivity contribution in [3.8, 4) is 0 Å². The SMILES string of the molecule is C=CCN(CCCCCCCC)CCC[C@@H](C)[C@H]1CC[C@@H](C)[C@]1(C)[C@H](C[C@@H](C)[C@@](C)(CC[C@H](CC)OCCCN)CC[C@H](C)OCCCN)OCCCN. The van der Waals surface area contributed by atoms with Gasteiger partial charge in [0.25, 0.3) is 0 Å². The molecule has 0 bridgehead atoms. The van der Waals surface area contributed by atoms with E-state index < -0.39 is 0 Å². The highest BCUT2D eigenvalue weighted by Crippen LogP contribution is 2.56. The molecule has 0 aliphatic heterocycles. The molecule has 0 spiro atoms. The Morgan fingerprint density at radius 1 is 0.778 bits per heavy atom. The second-order valence-electron chi connectivity index (χ2n) is 18.2. The molecule has 1 fully saturated rings. The van der Waals surface area contributed by atoms with Crippen molar-refractivity contribution >= 4 is 0 Å². The van der Waals surface area contributed by atoms with Crippen LogP contribution in [0, 0.1) is 34.5 Å². The van der Waals surface area contributed by atoms with Crippen molar-refractivity contribution < 1.29 is 14.2 Å². The molecule has 6 N–H and O–H groups in total. The van der Waals surface area contributed by atoms with E-state index >= 15 is 0 Å². The van der Waals surface area contributed by atoms with Gasteiger partial charge in [-0.2, -0.15) is 0 Å².